The van der Waals surface area contributed by atoms with Crippen molar-refractivity contribution in [1.82, 2.24) is 26.1 Å². The molecular weight excluding hydrogens is 478 g/mol. The van der Waals surface area contributed by atoms with Crippen molar-refractivity contribution in [2.45, 2.75) is 83.2 Å². The zero-order chi connectivity index (χ0) is 26.4. The molecule has 11 heteroatoms. The highest BCUT2D eigenvalue weighted by Gasteiger charge is 2.64. The zero-order valence-corrected chi connectivity index (χ0v) is 21.5. The number of urea groups is 1. The molecule has 5 rings (SSSR count). The summed E-state index contributed by atoms with van der Waals surface area (Å²) in [6.07, 6.45) is 2.84. The van der Waals surface area contributed by atoms with Crippen LogP contribution in [0.15, 0.2) is 30.3 Å². The number of hydrogen-bond donors (Lipinski definition) is 3. The molecule has 1 aromatic rings. The van der Waals surface area contributed by atoms with E-state index in [-0.39, 0.29) is 42.0 Å². The number of alkyl carbamates (subject to hydrolysis) is 1. The fraction of sp³-hybridized carbons (Fsp3) is 0.615. The number of hydroxylamine groups is 2. The van der Waals surface area contributed by atoms with Gasteiger partial charge in [0.2, 0.25) is 5.91 Å². The number of piperidine rings is 1. The molecule has 0 radical (unpaired) electrons. The van der Waals surface area contributed by atoms with Crippen molar-refractivity contribution in [3.8, 4) is 0 Å². The fourth-order valence-corrected chi connectivity index (χ4v) is 5.46. The third kappa shape index (κ3) is 5.36. The minimum atomic E-state index is -0.667. The summed E-state index contributed by atoms with van der Waals surface area (Å²) in [5, 5.41) is 4.21. The van der Waals surface area contributed by atoms with E-state index >= 15 is 0 Å². The van der Waals surface area contributed by atoms with Crippen molar-refractivity contribution in [2.24, 2.45) is 11.3 Å². The predicted octanol–water partition coefficient (Wildman–Crippen LogP) is 2.23. The number of rotatable bonds is 6. The molecule has 2 heterocycles. The van der Waals surface area contributed by atoms with Crippen molar-refractivity contribution < 1.29 is 28.8 Å². The van der Waals surface area contributed by atoms with Gasteiger partial charge in [-0.15, -0.1) is 0 Å². The van der Waals surface area contributed by atoms with Crippen LogP contribution in [0.4, 0.5) is 9.59 Å². The first-order chi connectivity index (χ1) is 17.5. The van der Waals surface area contributed by atoms with Crippen LogP contribution in [0.5, 0.6) is 0 Å². The van der Waals surface area contributed by atoms with E-state index in [1.165, 1.54) is 5.06 Å². The number of amides is 5. The first-order valence-electron chi connectivity index (χ1n) is 12.9. The minimum absolute atomic E-state index is 0.0771. The van der Waals surface area contributed by atoms with Crippen LogP contribution in [-0.4, -0.2) is 64.2 Å². The Bertz CT molecular complexity index is 1060. The third-order valence-corrected chi connectivity index (χ3v) is 7.72. The van der Waals surface area contributed by atoms with E-state index in [2.05, 4.69) is 16.2 Å². The van der Waals surface area contributed by atoms with Gasteiger partial charge in [-0.2, -0.15) is 5.06 Å². The van der Waals surface area contributed by atoms with Crippen LogP contribution in [0.3, 0.4) is 0 Å². The molecule has 2 aliphatic heterocycles. The molecule has 200 valence electrons. The molecule has 0 aromatic heterocycles. The van der Waals surface area contributed by atoms with Crippen molar-refractivity contribution >= 4 is 23.9 Å². The lowest BCUT2D eigenvalue weighted by molar-refractivity contribution is -0.153. The summed E-state index contributed by atoms with van der Waals surface area (Å²) >= 11 is 0. The first-order valence-corrected chi connectivity index (χ1v) is 12.9. The Hall–Kier alpha value is -3.34. The number of benzene rings is 1. The Morgan fingerprint density at radius 3 is 2.38 bits per heavy atom. The highest BCUT2D eigenvalue weighted by atomic mass is 16.7. The van der Waals surface area contributed by atoms with E-state index < -0.39 is 23.6 Å². The van der Waals surface area contributed by atoms with Crippen LogP contribution >= 0.6 is 0 Å². The van der Waals surface area contributed by atoms with Gasteiger partial charge in [0, 0.05) is 18.5 Å². The van der Waals surface area contributed by atoms with Crippen LogP contribution < -0.4 is 16.2 Å². The second-order valence-corrected chi connectivity index (χ2v) is 11.6. The number of carbonyl (C=O) groups is 4. The summed E-state index contributed by atoms with van der Waals surface area (Å²) in [6.45, 7) is 6.07. The maximum absolute atomic E-state index is 13.2. The van der Waals surface area contributed by atoms with Crippen molar-refractivity contribution in [3.05, 3.63) is 35.9 Å². The second-order valence-electron chi connectivity index (χ2n) is 11.6. The van der Waals surface area contributed by atoms with Crippen molar-refractivity contribution in [1.29, 1.82) is 0 Å². The van der Waals surface area contributed by atoms with E-state index in [0.29, 0.717) is 25.8 Å². The normalized spacial score (nSPS) is 27.4. The molecule has 4 fully saturated rings. The molecule has 2 saturated carbocycles. The van der Waals surface area contributed by atoms with Crippen LogP contribution in [0.25, 0.3) is 0 Å². The summed E-state index contributed by atoms with van der Waals surface area (Å²) < 4.78 is 5.23. The number of nitrogens with zero attached hydrogens (tertiary/aromatic N) is 2. The number of hydrogen-bond acceptors (Lipinski definition) is 6. The summed E-state index contributed by atoms with van der Waals surface area (Å²) in [7, 11) is 0. The summed E-state index contributed by atoms with van der Waals surface area (Å²) in [5.74, 6) is -1.04. The van der Waals surface area contributed by atoms with Gasteiger partial charge in [0.15, 0.2) is 0 Å². The van der Waals surface area contributed by atoms with Crippen LogP contribution in [-0.2, 0) is 25.8 Å². The van der Waals surface area contributed by atoms with Gasteiger partial charge >= 0.3 is 12.1 Å². The molecule has 37 heavy (non-hydrogen) atoms. The van der Waals surface area contributed by atoms with E-state index in [4.69, 9.17) is 9.57 Å². The minimum Gasteiger partial charge on any atom is -0.444 e. The van der Waals surface area contributed by atoms with Crippen LogP contribution in [0, 0.1) is 11.3 Å². The SMILES string of the molecule is CC(C)(C)OC(=O)N[C@H]1C[C@@H](C(=O)NNC(=O)[C@@H]2CC3(CC3)C3CN2C(=O)N3OCc2ccccc2)C1. The van der Waals surface area contributed by atoms with Crippen LogP contribution in [0.1, 0.15) is 58.4 Å². The lowest BCUT2D eigenvalue weighted by Gasteiger charge is -2.36. The largest absolute Gasteiger partial charge is 0.444 e. The molecule has 2 bridgehead atoms. The molecule has 3 N–H and O–H groups in total. The van der Waals surface area contributed by atoms with Crippen molar-refractivity contribution in [3.63, 3.8) is 0 Å². The summed E-state index contributed by atoms with van der Waals surface area (Å²) in [6, 6.07) is 8.45. The average Bonchev–Trinajstić information content (AvgIpc) is 3.53. The predicted molar refractivity (Wildman–Crippen MR) is 131 cm³/mol. The molecule has 2 aliphatic carbocycles. The van der Waals surface area contributed by atoms with Gasteiger partial charge in [-0.25, -0.2) is 9.59 Å². The van der Waals surface area contributed by atoms with E-state index in [1.807, 2.05) is 30.3 Å². The Morgan fingerprint density at radius 1 is 1.05 bits per heavy atom. The molecular formula is C26H35N5O6. The highest BCUT2D eigenvalue weighted by Crippen LogP contribution is 2.59. The molecule has 1 spiro atoms. The monoisotopic (exact) mass is 513 g/mol. The zero-order valence-electron chi connectivity index (χ0n) is 21.5. The molecule has 1 unspecified atom stereocenters. The Balaban J connectivity index is 1.10. The molecule has 11 nitrogen and oxygen atoms in total. The summed E-state index contributed by atoms with van der Waals surface area (Å²) in [5.41, 5.74) is 5.29. The van der Waals surface area contributed by atoms with Gasteiger partial charge in [0.1, 0.15) is 18.2 Å². The molecule has 4 aliphatic rings. The number of carbonyl (C=O) groups excluding carboxylic acids is 4. The number of nitrogens with one attached hydrogen (secondary N) is 3. The second kappa shape index (κ2) is 9.51. The molecule has 2 atom stereocenters. The number of fused-ring (bicyclic) bond motifs is 3. The highest BCUT2D eigenvalue weighted by molar-refractivity contribution is 5.91. The summed E-state index contributed by atoms with van der Waals surface area (Å²) in [4.78, 5) is 58.1. The van der Waals surface area contributed by atoms with Gasteiger partial charge in [0.25, 0.3) is 5.91 Å². The van der Waals surface area contributed by atoms with Crippen molar-refractivity contribution in [2.75, 3.05) is 6.54 Å². The molecule has 1 aromatic carbocycles. The molecule has 2 saturated heterocycles. The topological polar surface area (TPSA) is 129 Å². The Morgan fingerprint density at radius 2 is 1.73 bits per heavy atom. The van der Waals surface area contributed by atoms with Gasteiger partial charge in [-0.05, 0) is 63.9 Å². The number of hydrazine groups is 1. The van der Waals surface area contributed by atoms with E-state index in [0.717, 1.165) is 18.4 Å². The van der Waals surface area contributed by atoms with Gasteiger partial charge in [-0.1, -0.05) is 30.3 Å². The maximum atomic E-state index is 13.2. The van der Waals surface area contributed by atoms with Gasteiger partial charge in [-0.3, -0.25) is 25.3 Å². The lowest BCUT2D eigenvalue weighted by Crippen LogP contribution is -2.58. The van der Waals surface area contributed by atoms with E-state index in [9.17, 15) is 19.2 Å². The third-order valence-electron chi connectivity index (χ3n) is 7.72. The van der Waals surface area contributed by atoms with Crippen LogP contribution in [0.2, 0.25) is 0 Å². The standard InChI is InChI=1S/C26H35N5O6/c1-25(2,3)37-23(34)27-18-11-17(12-18)21(32)28-29-22(33)19-13-26(9-10-26)20-14-30(19)24(35)31(20)36-15-16-7-5-4-6-8-16/h4-8,17-20H,9-15H2,1-3H3,(H,27,34)(H,28,32)(H,29,33)/t17-,18+,19-,20?/m0/s1. The molecule has 5 amide bonds. The van der Waals surface area contributed by atoms with E-state index in [1.54, 1.807) is 25.7 Å². The maximum Gasteiger partial charge on any atom is 0.407 e. The average molecular weight is 514 g/mol. The lowest BCUT2D eigenvalue weighted by atomic mass is 9.80. The quantitative estimate of drug-likeness (QED) is 0.501. The number of ether oxygens (including phenoxy) is 1. The first kappa shape index (κ1) is 25.3. The Kier molecular flexibility index (Phi) is 6.51. The fourth-order valence-electron chi connectivity index (χ4n) is 5.46. The van der Waals surface area contributed by atoms with Gasteiger partial charge < -0.3 is 15.0 Å². The smallest absolute Gasteiger partial charge is 0.407 e. The Labute approximate surface area is 216 Å². The van der Waals surface area contributed by atoms with Gasteiger partial charge in [0.05, 0.1) is 6.04 Å².